The van der Waals surface area contributed by atoms with E-state index in [1.54, 1.807) is 35.1 Å². The van der Waals surface area contributed by atoms with E-state index in [0.717, 1.165) is 0 Å². The molecule has 3 aliphatic heterocycles. The van der Waals surface area contributed by atoms with Crippen molar-refractivity contribution in [1.29, 1.82) is 0 Å². The number of ether oxygens (including phenoxy) is 3. The Kier molecular flexibility index (Phi) is 5.80. The number of benzene rings is 1. The Morgan fingerprint density at radius 2 is 2.00 bits per heavy atom. The highest BCUT2D eigenvalue weighted by Crippen LogP contribution is 2.35. The summed E-state index contributed by atoms with van der Waals surface area (Å²) in [7, 11) is 1.56. The average molecular weight is 417 g/mol. The van der Waals surface area contributed by atoms with Crippen molar-refractivity contribution in [3.63, 3.8) is 0 Å². The average Bonchev–Trinajstić information content (AvgIpc) is 3.01. The van der Waals surface area contributed by atoms with Gasteiger partial charge in [-0.25, -0.2) is 0 Å². The molecule has 3 aliphatic rings. The first-order chi connectivity index (χ1) is 14.5. The minimum Gasteiger partial charge on any atom is -0.497 e. The van der Waals surface area contributed by atoms with E-state index in [2.05, 4.69) is 5.32 Å². The molecule has 3 heterocycles. The van der Waals surface area contributed by atoms with Crippen LogP contribution < -0.4 is 14.8 Å². The molecule has 0 bridgehead atoms. The van der Waals surface area contributed by atoms with E-state index in [1.165, 1.54) is 0 Å². The van der Waals surface area contributed by atoms with Gasteiger partial charge >= 0.3 is 0 Å². The molecular weight excluding hydrogens is 390 g/mol. The van der Waals surface area contributed by atoms with E-state index in [-0.39, 0.29) is 30.7 Å². The van der Waals surface area contributed by atoms with Crippen molar-refractivity contribution in [1.82, 2.24) is 15.1 Å². The van der Waals surface area contributed by atoms with Crippen LogP contribution in [0.2, 0.25) is 0 Å². The molecular formula is C21H27N3O6. The van der Waals surface area contributed by atoms with Crippen LogP contribution in [-0.2, 0) is 14.3 Å². The summed E-state index contributed by atoms with van der Waals surface area (Å²) in [5.74, 6) is 0.710. The zero-order valence-corrected chi connectivity index (χ0v) is 17.1. The number of morpholine rings is 1. The lowest BCUT2D eigenvalue weighted by Gasteiger charge is -2.32. The largest absolute Gasteiger partial charge is 0.497 e. The normalized spacial score (nSPS) is 24.4. The number of nitrogens with one attached hydrogen (secondary N) is 1. The summed E-state index contributed by atoms with van der Waals surface area (Å²) in [5.41, 5.74) is -0.262. The van der Waals surface area contributed by atoms with Crippen molar-refractivity contribution < 1.29 is 28.6 Å². The molecule has 0 aliphatic carbocycles. The second kappa shape index (κ2) is 8.51. The number of rotatable bonds is 3. The number of fused-ring (bicyclic) bond motifs is 1. The maximum Gasteiger partial charge on any atom is 0.255 e. The molecule has 30 heavy (non-hydrogen) atoms. The van der Waals surface area contributed by atoms with Gasteiger partial charge in [0, 0.05) is 38.5 Å². The third kappa shape index (κ3) is 4.21. The SMILES string of the molecule is COc1ccc2c(c1)O[C@]1(CCC(=O)N(CC(=O)N3CCOCC3)CC1)CNC2=O. The summed E-state index contributed by atoms with van der Waals surface area (Å²) in [4.78, 5) is 41.2. The van der Waals surface area contributed by atoms with Gasteiger partial charge in [-0.2, -0.15) is 0 Å². The Morgan fingerprint density at radius 3 is 2.77 bits per heavy atom. The number of nitrogens with zero attached hydrogens (tertiary/aromatic N) is 2. The number of methoxy groups -OCH3 is 1. The monoisotopic (exact) mass is 417 g/mol. The van der Waals surface area contributed by atoms with E-state index >= 15 is 0 Å². The van der Waals surface area contributed by atoms with Crippen LogP contribution >= 0.6 is 0 Å². The maximum atomic E-state index is 12.7. The van der Waals surface area contributed by atoms with Crippen molar-refractivity contribution in [2.24, 2.45) is 0 Å². The van der Waals surface area contributed by atoms with E-state index in [0.29, 0.717) is 69.3 Å². The molecule has 9 nitrogen and oxygen atoms in total. The van der Waals surface area contributed by atoms with Gasteiger partial charge in [0.1, 0.15) is 17.1 Å². The minimum absolute atomic E-state index is 0.0612. The van der Waals surface area contributed by atoms with Crippen molar-refractivity contribution in [3.8, 4) is 11.5 Å². The van der Waals surface area contributed by atoms with Gasteiger partial charge in [-0.15, -0.1) is 0 Å². The van der Waals surface area contributed by atoms with Crippen LogP contribution in [0.4, 0.5) is 0 Å². The standard InChI is InChI=1S/C21H27N3O6/c1-28-15-2-3-16-17(12-15)30-21(14-22-20(16)27)5-4-18(25)24(7-6-21)13-19(26)23-8-10-29-11-9-23/h2-3,12H,4-11,13-14H2,1H3,(H,22,27)/t21-/m0/s1. The lowest BCUT2D eigenvalue weighted by atomic mass is 9.94. The van der Waals surface area contributed by atoms with Gasteiger partial charge in [-0.1, -0.05) is 0 Å². The molecule has 1 aromatic carbocycles. The van der Waals surface area contributed by atoms with Gasteiger partial charge in [-0.05, 0) is 18.6 Å². The zero-order chi connectivity index (χ0) is 21.1. The highest BCUT2D eigenvalue weighted by molar-refractivity contribution is 5.97. The fraction of sp³-hybridized carbons (Fsp3) is 0.571. The smallest absolute Gasteiger partial charge is 0.255 e. The first kappa shape index (κ1) is 20.5. The second-order valence-corrected chi connectivity index (χ2v) is 7.89. The van der Waals surface area contributed by atoms with Gasteiger partial charge in [0.2, 0.25) is 11.8 Å². The van der Waals surface area contributed by atoms with Crippen LogP contribution in [0.25, 0.3) is 0 Å². The molecule has 1 atom stereocenters. The summed E-state index contributed by atoms with van der Waals surface area (Å²) in [6, 6.07) is 5.10. The molecule has 0 aromatic heterocycles. The fourth-order valence-electron chi connectivity index (χ4n) is 4.11. The van der Waals surface area contributed by atoms with Crippen molar-refractivity contribution in [2.75, 3.05) is 53.0 Å². The van der Waals surface area contributed by atoms with Crippen molar-refractivity contribution in [2.45, 2.75) is 24.9 Å². The third-order valence-electron chi connectivity index (χ3n) is 6.01. The first-order valence-corrected chi connectivity index (χ1v) is 10.3. The number of amides is 3. The van der Waals surface area contributed by atoms with Gasteiger partial charge in [0.25, 0.3) is 5.91 Å². The lowest BCUT2D eigenvalue weighted by Crippen LogP contribution is -2.48. The quantitative estimate of drug-likeness (QED) is 0.766. The zero-order valence-electron chi connectivity index (χ0n) is 17.1. The van der Waals surface area contributed by atoms with Crippen LogP contribution in [0.1, 0.15) is 29.6 Å². The highest BCUT2D eigenvalue weighted by atomic mass is 16.5. The maximum absolute atomic E-state index is 12.7. The number of hydrogen-bond donors (Lipinski definition) is 1. The summed E-state index contributed by atoms with van der Waals surface area (Å²) in [6.07, 6.45) is 1.24. The molecule has 0 unspecified atom stereocenters. The predicted octanol–water partition coefficient (Wildman–Crippen LogP) is 0.428. The molecule has 2 fully saturated rings. The molecule has 9 heteroatoms. The number of carbonyl (C=O) groups excluding carboxylic acids is 3. The van der Waals surface area contributed by atoms with Crippen LogP contribution in [0, 0.1) is 0 Å². The van der Waals surface area contributed by atoms with Crippen molar-refractivity contribution >= 4 is 17.7 Å². The molecule has 0 saturated carbocycles. The van der Waals surface area contributed by atoms with Gasteiger partial charge in [0.05, 0.1) is 39.0 Å². The van der Waals surface area contributed by atoms with Crippen LogP contribution in [0.5, 0.6) is 11.5 Å². The van der Waals surface area contributed by atoms with Crippen LogP contribution in [-0.4, -0.2) is 86.2 Å². The Bertz CT molecular complexity index is 838. The Hall–Kier alpha value is -2.81. The number of likely N-dealkylation sites (tertiary alicyclic amines) is 1. The van der Waals surface area contributed by atoms with Gasteiger partial charge in [0.15, 0.2) is 0 Å². The number of carbonyl (C=O) groups is 3. The second-order valence-electron chi connectivity index (χ2n) is 7.89. The fourth-order valence-corrected chi connectivity index (χ4v) is 4.11. The Balaban J connectivity index is 1.48. The first-order valence-electron chi connectivity index (χ1n) is 10.3. The lowest BCUT2D eigenvalue weighted by molar-refractivity contribution is -0.142. The van der Waals surface area contributed by atoms with E-state index in [9.17, 15) is 14.4 Å². The highest BCUT2D eigenvalue weighted by Gasteiger charge is 2.41. The van der Waals surface area contributed by atoms with Gasteiger partial charge < -0.3 is 29.3 Å². The predicted molar refractivity (Wildman–Crippen MR) is 107 cm³/mol. The molecule has 0 radical (unpaired) electrons. The molecule has 1 spiro atoms. The Labute approximate surface area is 175 Å². The summed E-state index contributed by atoms with van der Waals surface area (Å²) >= 11 is 0. The molecule has 1 N–H and O–H groups in total. The third-order valence-corrected chi connectivity index (χ3v) is 6.01. The molecule has 1 aromatic rings. The van der Waals surface area contributed by atoms with E-state index in [4.69, 9.17) is 14.2 Å². The van der Waals surface area contributed by atoms with Crippen molar-refractivity contribution in [3.05, 3.63) is 23.8 Å². The summed E-state index contributed by atoms with van der Waals surface area (Å²) in [5, 5.41) is 2.93. The minimum atomic E-state index is -0.709. The molecule has 2 saturated heterocycles. The molecule has 162 valence electrons. The van der Waals surface area contributed by atoms with Crippen LogP contribution in [0.3, 0.4) is 0 Å². The van der Waals surface area contributed by atoms with E-state index in [1.807, 2.05) is 0 Å². The summed E-state index contributed by atoms with van der Waals surface area (Å²) < 4.78 is 16.9. The van der Waals surface area contributed by atoms with Crippen LogP contribution in [0.15, 0.2) is 18.2 Å². The molecule has 4 rings (SSSR count). The number of hydrogen-bond acceptors (Lipinski definition) is 6. The van der Waals surface area contributed by atoms with E-state index < -0.39 is 5.60 Å². The Morgan fingerprint density at radius 1 is 1.20 bits per heavy atom. The molecule has 3 amide bonds. The summed E-state index contributed by atoms with van der Waals surface area (Å²) in [6.45, 7) is 2.92. The topological polar surface area (TPSA) is 97.4 Å². The van der Waals surface area contributed by atoms with Gasteiger partial charge in [-0.3, -0.25) is 14.4 Å².